The molecule has 0 radical (unpaired) electrons. The Morgan fingerprint density at radius 3 is 2.62 bits per heavy atom. The molecule has 116 valence electrons. The molecule has 1 saturated carbocycles. The second kappa shape index (κ2) is 7.42. The summed E-state index contributed by atoms with van der Waals surface area (Å²) in [4.78, 5) is 2.79. The molecule has 1 saturated heterocycles. The van der Waals surface area contributed by atoms with Gasteiger partial charge in [0.1, 0.15) is 0 Å². The zero-order valence-corrected chi connectivity index (χ0v) is 13.4. The number of hydrogen-bond donors (Lipinski definition) is 1. The van der Waals surface area contributed by atoms with Gasteiger partial charge in [-0.2, -0.15) is 0 Å². The molecule has 2 nitrogen and oxygen atoms in total. The highest BCUT2D eigenvalue weighted by atomic mass is 15.2. The van der Waals surface area contributed by atoms with Crippen LogP contribution >= 0.6 is 0 Å². The van der Waals surface area contributed by atoms with Crippen molar-refractivity contribution in [3.8, 4) is 0 Å². The van der Waals surface area contributed by atoms with Crippen molar-refractivity contribution in [2.75, 3.05) is 13.1 Å². The van der Waals surface area contributed by atoms with Crippen molar-refractivity contribution in [1.29, 1.82) is 0 Å². The Labute approximate surface area is 129 Å². The van der Waals surface area contributed by atoms with E-state index in [-0.39, 0.29) is 0 Å². The first-order valence-electron chi connectivity index (χ1n) is 8.86. The number of likely N-dealkylation sites (tertiary alicyclic amines) is 1. The van der Waals surface area contributed by atoms with Crippen molar-refractivity contribution in [1.82, 2.24) is 10.2 Å². The summed E-state index contributed by atoms with van der Waals surface area (Å²) < 4.78 is 0. The monoisotopic (exact) mass is 286 g/mol. The van der Waals surface area contributed by atoms with Crippen molar-refractivity contribution >= 4 is 0 Å². The molecule has 0 bridgehead atoms. The van der Waals surface area contributed by atoms with E-state index in [2.05, 4.69) is 47.5 Å². The average Bonchev–Trinajstić information content (AvgIpc) is 2.45. The van der Waals surface area contributed by atoms with Crippen LogP contribution < -0.4 is 5.32 Å². The zero-order valence-electron chi connectivity index (χ0n) is 13.4. The number of hydrogen-bond acceptors (Lipinski definition) is 2. The van der Waals surface area contributed by atoms with Crippen molar-refractivity contribution in [3.63, 3.8) is 0 Å². The molecule has 0 spiro atoms. The van der Waals surface area contributed by atoms with Gasteiger partial charge in [0.2, 0.25) is 0 Å². The van der Waals surface area contributed by atoms with Crippen LogP contribution in [0.1, 0.15) is 51.0 Å². The molecule has 2 heteroatoms. The van der Waals surface area contributed by atoms with E-state index in [9.17, 15) is 0 Å². The lowest BCUT2D eigenvalue weighted by atomic mass is 9.85. The molecule has 2 unspecified atom stereocenters. The fourth-order valence-electron chi connectivity index (χ4n) is 3.91. The summed E-state index contributed by atoms with van der Waals surface area (Å²) in [5.41, 5.74) is 1.41. The summed E-state index contributed by atoms with van der Waals surface area (Å²) in [6, 6.07) is 12.4. The summed E-state index contributed by atoms with van der Waals surface area (Å²) in [7, 11) is 0. The lowest BCUT2D eigenvalue weighted by molar-refractivity contribution is 0.0556. The molecule has 3 rings (SSSR count). The highest BCUT2D eigenvalue weighted by Crippen LogP contribution is 2.30. The Bertz CT molecular complexity index is 413. The van der Waals surface area contributed by atoms with Crippen LogP contribution in [0.3, 0.4) is 0 Å². The molecule has 1 aromatic carbocycles. The van der Waals surface area contributed by atoms with Gasteiger partial charge in [-0.15, -0.1) is 0 Å². The summed E-state index contributed by atoms with van der Waals surface area (Å²) in [5.74, 6) is 0.901. The van der Waals surface area contributed by atoms with Crippen LogP contribution in [-0.2, 0) is 6.54 Å². The first kappa shape index (κ1) is 15.1. The molecule has 0 aromatic heterocycles. The van der Waals surface area contributed by atoms with Gasteiger partial charge in [-0.3, -0.25) is 4.90 Å². The maximum absolute atomic E-state index is 3.82. The van der Waals surface area contributed by atoms with Crippen LogP contribution in [0, 0.1) is 5.92 Å². The zero-order chi connectivity index (χ0) is 14.5. The van der Waals surface area contributed by atoms with Gasteiger partial charge in [-0.25, -0.2) is 0 Å². The minimum atomic E-state index is 0.677. The van der Waals surface area contributed by atoms with E-state index in [1.165, 1.54) is 57.2 Å². The average molecular weight is 286 g/mol. The number of benzene rings is 1. The van der Waals surface area contributed by atoms with E-state index in [0.717, 1.165) is 18.5 Å². The van der Waals surface area contributed by atoms with E-state index in [4.69, 9.17) is 0 Å². The van der Waals surface area contributed by atoms with Gasteiger partial charge < -0.3 is 5.32 Å². The number of nitrogens with one attached hydrogen (secondary N) is 1. The summed E-state index contributed by atoms with van der Waals surface area (Å²) >= 11 is 0. The van der Waals surface area contributed by atoms with Crippen LogP contribution in [0.4, 0.5) is 0 Å². The van der Waals surface area contributed by atoms with Gasteiger partial charge in [-0.1, -0.05) is 50.1 Å². The molecule has 1 heterocycles. The summed E-state index contributed by atoms with van der Waals surface area (Å²) in [6.45, 7) is 5.96. The molecule has 2 aliphatic rings. The van der Waals surface area contributed by atoms with Crippen LogP contribution in [-0.4, -0.2) is 30.1 Å². The van der Waals surface area contributed by atoms with E-state index in [1.54, 1.807) is 0 Å². The Morgan fingerprint density at radius 1 is 1.14 bits per heavy atom. The van der Waals surface area contributed by atoms with Crippen molar-refractivity contribution < 1.29 is 0 Å². The number of nitrogens with zero attached hydrogens (tertiary/aromatic N) is 1. The molecule has 1 aliphatic carbocycles. The van der Waals surface area contributed by atoms with Gasteiger partial charge >= 0.3 is 0 Å². The third-order valence-electron chi connectivity index (χ3n) is 5.29. The summed E-state index contributed by atoms with van der Waals surface area (Å²) in [5, 5.41) is 3.82. The largest absolute Gasteiger partial charge is 0.309 e. The van der Waals surface area contributed by atoms with Gasteiger partial charge in [0.25, 0.3) is 0 Å². The van der Waals surface area contributed by atoms with Crippen molar-refractivity contribution in [2.45, 2.75) is 64.1 Å². The molecule has 0 amide bonds. The maximum Gasteiger partial charge on any atom is 0.0208 e. The minimum Gasteiger partial charge on any atom is -0.309 e. The van der Waals surface area contributed by atoms with Crippen LogP contribution in [0.25, 0.3) is 0 Å². The highest BCUT2D eigenvalue weighted by Gasteiger charge is 2.33. The summed E-state index contributed by atoms with van der Waals surface area (Å²) in [6.07, 6.45) is 8.40. The van der Waals surface area contributed by atoms with E-state index in [0.29, 0.717) is 6.04 Å². The predicted molar refractivity (Wildman–Crippen MR) is 89.3 cm³/mol. The van der Waals surface area contributed by atoms with Gasteiger partial charge in [-0.05, 0) is 37.2 Å². The topological polar surface area (TPSA) is 15.3 Å². The number of piperidine rings is 1. The normalized spacial score (nSPS) is 27.5. The second-order valence-electron chi connectivity index (χ2n) is 6.99. The molecule has 1 N–H and O–H groups in total. The van der Waals surface area contributed by atoms with Crippen LogP contribution in [0.2, 0.25) is 0 Å². The quantitative estimate of drug-likeness (QED) is 0.855. The minimum absolute atomic E-state index is 0.677. The molecular formula is C19H30N2. The van der Waals surface area contributed by atoms with Crippen LogP contribution in [0.15, 0.2) is 30.3 Å². The van der Waals surface area contributed by atoms with Gasteiger partial charge in [0, 0.05) is 31.7 Å². The first-order chi connectivity index (χ1) is 10.3. The van der Waals surface area contributed by atoms with Gasteiger partial charge in [0.05, 0.1) is 0 Å². The fourth-order valence-corrected chi connectivity index (χ4v) is 3.91. The fraction of sp³-hybridized carbons (Fsp3) is 0.684. The van der Waals surface area contributed by atoms with E-state index < -0.39 is 0 Å². The van der Waals surface area contributed by atoms with Crippen LogP contribution in [0.5, 0.6) is 0 Å². The highest BCUT2D eigenvalue weighted by molar-refractivity contribution is 5.14. The molecule has 21 heavy (non-hydrogen) atoms. The Balaban J connectivity index is 1.54. The Kier molecular flexibility index (Phi) is 5.32. The molecular weight excluding hydrogens is 256 g/mol. The smallest absolute Gasteiger partial charge is 0.0208 e. The lowest BCUT2D eigenvalue weighted by Gasteiger charge is -2.45. The Morgan fingerprint density at radius 2 is 1.95 bits per heavy atom. The number of rotatable bonds is 6. The molecule has 2 atom stereocenters. The standard InChI is InChI=1S/C19H30N2/c1-2-7-17-12-18(15-21(14-17)19-10-6-11-19)20-13-16-8-4-3-5-9-16/h3-5,8-9,17-20H,2,6-7,10-15H2,1H3. The van der Waals surface area contributed by atoms with Crippen molar-refractivity contribution in [3.05, 3.63) is 35.9 Å². The first-order valence-corrected chi connectivity index (χ1v) is 8.86. The van der Waals surface area contributed by atoms with Gasteiger partial charge in [0.15, 0.2) is 0 Å². The second-order valence-corrected chi connectivity index (χ2v) is 6.99. The molecule has 1 aliphatic heterocycles. The third kappa shape index (κ3) is 4.08. The third-order valence-corrected chi connectivity index (χ3v) is 5.29. The lowest BCUT2D eigenvalue weighted by Crippen LogP contribution is -2.54. The molecule has 2 fully saturated rings. The SMILES string of the molecule is CCCC1CC(NCc2ccccc2)CN(C2CCC2)C1. The van der Waals surface area contributed by atoms with Crippen molar-refractivity contribution in [2.24, 2.45) is 5.92 Å². The van der Waals surface area contributed by atoms with E-state index in [1.807, 2.05) is 0 Å². The maximum atomic E-state index is 3.82. The molecule has 1 aromatic rings. The Hall–Kier alpha value is -0.860. The predicted octanol–water partition coefficient (Wildman–Crippen LogP) is 3.82. The van der Waals surface area contributed by atoms with E-state index >= 15 is 0 Å².